The van der Waals surface area contributed by atoms with Gasteiger partial charge in [-0.3, -0.25) is 29.9 Å². The Hall–Kier alpha value is -5.74. The van der Waals surface area contributed by atoms with Crippen molar-refractivity contribution >= 4 is 47.2 Å². The quantitative estimate of drug-likeness (QED) is 0.0375. The van der Waals surface area contributed by atoms with E-state index >= 15 is 0 Å². The van der Waals surface area contributed by atoms with Crippen LogP contribution in [0.25, 0.3) is 0 Å². The first-order chi connectivity index (χ1) is 23.8. The standard InChI is InChI=1S/C33H47N9O8/c1-6-36-42-37-18-27(43)41-28(20(2)3)30(45)39-25(11-9-17-35-32(34)47)29(44)38-23-15-13-22(14-16-23)19-49-33(48)40-24-10-7-8-12-26(24)50-31(46)21(4)5/h7-8,10,12-16,20-21,25,28H,6,9,11,17-19H2,1-5H3,(H,36,37)(H,38,44)(H,39,45)(H,40,48)(H,41,43)(H3,34,35,47)/t25-,28-/m0/s1. The minimum Gasteiger partial charge on any atom is -0.444 e. The lowest BCUT2D eigenvalue weighted by molar-refractivity contribution is -0.137. The van der Waals surface area contributed by atoms with Crippen molar-refractivity contribution < 1.29 is 38.2 Å². The molecule has 0 aliphatic rings. The van der Waals surface area contributed by atoms with Gasteiger partial charge in [-0.2, -0.15) is 5.11 Å². The predicted octanol–water partition coefficient (Wildman–Crippen LogP) is 2.99. The number of amides is 6. The van der Waals surface area contributed by atoms with E-state index in [1.165, 1.54) is 0 Å². The Morgan fingerprint density at radius 3 is 2.22 bits per heavy atom. The van der Waals surface area contributed by atoms with Gasteiger partial charge in [0.15, 0.2) is 5.75 Å². The number of carbonyl (C=O) groups excluding carboxylic acids is 6. The minimum atomic E-state index is -1.03. The molecule has 0 saturated heterocycles. The smallest absolute Gasteiger partial charge is 0.412 e. The second kappa shape index (κ2) is 21.3. The number of hydrogen-bond donors (Lipinski definition) is 7. The number of anilines is 2. The summed E-state index contributed by atoms with van der Waals surface area (Å²) >= 11 is 0. The fourth-order valence-electron chi connectivity index (χ4n) is 4.12. The van der Waals surface area contributed by atoms with Gasteiger partial charge in [0, 0.05) is 18.8 Å². The highest BCUT2D eigenvalue weighted by molar-refractivity contribution is 5.98. The van der Waals surface area contributed by atoms with E-state index in [2.05, 4.69) is 42.3 Å². The average Bonchev–Trinajstić information content (AvgIpc) is 3.07. The maximum Gasteiger partial charge on any atom is 0.412 e. The summed E-state index contributed by atoms with van der Waals surface area (Å²) in [7, 11) is 0. The van der Waals surface area contributed by atoms with Gasteiger partial charge < -0.3 is 36.5 Å². The Morgan fingerprint density at radius 2 is 1.58 bits per heavy atom. The van der Waals surface area contributed by atoms with E-state index in [1.54, 1.807) is 76.2 Å². The molecule has 0 unspecified atom stereocenters. The van der Waals surface area contributed by atoms with Gasteiger partial charge in [0.2, 0.25) is 17.7 Å². The molecule has 272 valence electrons. The molecule has 0 fully saturated rings. The van der Waals surface area contributed by atoms with E-state index < -0.39 is 47.9 Å². The first-order valence-electron chi connectivity index (χ1n) is 16.2. The number of rotatable bonds is 19. The number of para-hydroxylation sites is 2. The Kier molecular flexibility index (Phi) is 17.2. The Balaban J connectivity index is 2.03. The molecular formula is C33H47N9O8. The van der Waals surface area contributed by atoms with E-state index in [9.17, 15) is 28.8 Å². The third kappa shape index (κ3) is 15.0. The lowest BCUT2D eigenvalue weighted by Crippen LogP contribution is -2.55. The molecule has 0 bridgehead atoms. The number of nitrogens with zero attached hydrogens (tertiary/aromatic N) is 2. The zero-order valence-corrected chi connectivity index (χ0v) is 28.9. The molecule has 2 atom stereocenters. The summed E-state index contributed by atoms with van der Waals surface area (Å²) in [6.45, 7) is 9.03. The Morgan fingerprint density at radius 1 is 0.880 bits per heavy atom. The molecule has 2 rings (SSSR count). The summed E-state index contributed by atoms with van der Waals surface area (Å²) in [5, 5.41) is 20.4. The van der Waals surface area contributed by atoms with Gasteiger partial charge in [-0.1, -0.05) is 57.2 Å². The van der Waals surface area contributed by atoms with Crippen molar-refractivity contribution in [1.82, 2.24) is 21.4 Å². The zero-order valence-electron chi connectivity index (χ0n) is 28.9. The Labute approximate surface area is 290 Å². The molecule has 2 aromatic rings. The second-order valence-corrected chi connectivity index (χ2v) is 11.7. The summed E-state index contributed by atoms with van der Waals surface area (Å²) in [6, 6.07) is 10.2. The number of urea groups is 1. The molecule has 0 aliphatic heterocycles. The Bertz CT molecular complexity index is 1480. The minimum absolute atomic E-state index is 0.0989. The molecule has 8 N–H and O–H groups in total. The number of benzene rings is 2. The molecule has 2 aromatic carbocycles. The van der Waals surface area contributed by atoms with Crippen LogP contribution in [0, 0.1) is 11.8 Å². The average molecular weight is 698 g/mol. The molecule has 6 amide bonds. The maximum atomic E-state index is 13.3. The monoisotopic (exact) mass is 697 g/mol. The van der Waals surface area contributed by atoms with Gasteiger partial charge in [0.25, 0.3) is 0 Å². The normalized spacial score (nSPS) is 12.1. The van der Waals surface area contributed by atoms with Gasteiger partial charge in [-0.05, 0) is 55.5 Å². The number of ether oxygens (including phenoxy) is 2. The third-order valence-corrected chi connectivity index (χ3v) is 6.78. The lowest BCUT2D eigenvalue weighted by Gasteiger charge is -2.25. The van der Waals surface area contributed by atoms with E-state index in [4.69, 9.17) is 15.2 Å². The molecule has 17 heteroatoms. The van der Waals surface area contributed by atoms with Crippen molar-refractivity contribution in [2.24, 2.45) is 27.9 Å². The molecule has 0 aromatic heterocycles. The van der Waals surface area contributed by atoms with Crippen LogP contribution in [-0.2, 0) is 30.5 Å². The maximum absolute atomic E-state index is 13.3. The van der Waals surface area contributed by atoms with Crippen LogP contribution < -0.4 is 42.5 Å². The zero-order chi connectivity index (χ0) is 37.1. The molecule has 0 saturated carbocycles. The van der Waals surface area contributed by atoms with Crippen LogP contribution in [0.2, 0.25) is 0 Å². The largest absolute Gasteiger partial charge is 0.444 e. The van der Waals surface area contributed by atoms with Crippen molar-refractivity contribution in [3.05, 3.63) is 54.1 Å². The highest BCUT2D eigenvalue weighted by Gasteiger charge is 2.29. The lowest BCUT2D eigenvalue weighted by atomic mass is 10.0. The summed E-state index contributed by atoms with van der Waals surface area (Å²) in [5.41, 5.74) is 9.02. The van der Waals surface area contributed by atoms with Crippen LogP contribution in [0.1, 0.15) is 53.0 Å². The number of nitrogens with two attached hydrogens (primary N) is 1. The second-order valence-electron chi connectivity index (χ2n) is 11.7. The summed E-state index contributed by atoms with van der Waals surface area (Å²) in [5.74, 6) is -2.57. The van der Waals surface area contributed by atoms with Crippen LogP contribution in [-0.4, -0.2) is 67.5 Å². The number of hydrogen-bond acceptors (Lipinski definition) is 10. The highest BCUT2D eigenvalue weighted by atomic mass is 16.6. The van der Waals surface area contributed by atoms with Gasteiger partial charge in [-0.15, -0.1) is 0 Å². The van der Waals surface area contributed by atoms with Crippen LogP contribution in [0.15, 0.2) is 58.9 Å². The van der Waals surface area contributed by atoms with Crippen molar-refractivity contribution in [2.75, 3.05) is 30.3 Å². The molecule has 17 nitrogen and oxygen atoms in total. The summed E-state index contributed by atoms with van der Waals surface area (Å²) < 4.78 is 10.6. The van der Waals surface area contributed by atoms with Crippen molar-refractivity contribution in [1.29, 1.82) is 0 Å². The first kappa shape index (κ1) is 40.4. The van der Waals surface area contributed by atoms with Crippen molar-refractivity contribution in [3.63, 3.8) is 0 Å². The number of carbonyl (C=O) groups is 6. The molecule has 50 heavy (non-hydrogen) atoms. The number of esters is 1. The van der Waals surface area contributed by atoms with Gasteiger partial charge in [0.1, 0.15) is 25.2 Å². The van der Waals surface area contributed by atoms with Crippen LogP contribution in [0.4, 0.5) is 21.0 Å². The topological polar surface area (TPSA) is 244 Å². The van der Waals surface area contributed by atoms with Crippen molar-refractivity contribution in [3.8, 4) is 5.75 Å². The van der Waals surface area contributed by atoms with Gasteiger partial charge >= 0.3 is 18.1 Å². The van der Waals surface area contributed by atoms with Gasteiger partial charge in [-0.25, -0.2) is 9.59 Å². The van der Waals surface area contributed by atoms with Crippen LogP contribution in [0.5, 0.6) is 5.75 Å². The van der Waals surface area contributed by atoms with E-state index in [1.807, 2.05) is 6.92 Å². The van der Waals surface area contributed by atoms with Crippen molar-refractivity contribution in [2.45, 2.75) is 66.2 Å². The fourth-order valence-corrected chi connectivity index (χ4v) is 4.12. The highest BCUT2D eigenvalue weighted by Crippen LogP contribution is 2.25. The first-order valence-corrected chi connectivity index (χ1v) is 16.2. The molecule has 0 aliphatic carbocycles. The van der Waals surface area contributed by atoms with E-state index in [0.29, 0.717) is 24.2 Å². The van der Waals surface area contributed by atoms with E-state index in [-0.39, 0.29) is 49.4 Å². The van der Waals surface area contributed by atoms with Gasteiger partial charge in [0.05, 0.1) is 11.6 Å². The number of primary amides is 1. The summed E-state index contributed by atoms with van der Waals surface area (Å²) in [4.78, 5) is 74.5. The number of nitrogens with one attached hydrogen (secondary N) is 6. The predicted molar refractivity (Wildman–Crippen MR) is 185 cm³/mol. The SMILES string of the molecule is CCNN=NCC(=O)N[C@H](C(=O)N[C@@H](CCCNC(N)=O)C(=O)Nc1ccc(COC(=O)Nc2ccccc2OC(=O)C(C)C)cc1)C(C)C. The fraction of sp³-hybridized carbons (Fsp3) is 0.455. The molecular weight excluding hydrogens is 650 g/mol. The molecule has 0 spiro atoms. The molecule has 0 radical (unpaired) electrons. The summed E-state index contributed by atoms with van der Waals surface area (Å²) in [6.07, 6.45) is -0.309. The molecule has 0 heterocycles. The third-order valence-electron chi connectivity index (χ3n) is 6.78. The van der Waals surface area contributed by atoms with Crippen LogP contribution in [0.3, 0.4) is 0 Å². The van der Waals surface area contributed by atoms with Crippen LogP contribution >= 0.6 is 0 Å². The van der Waals surface area contributed by atoms with E-state index in [0.717, 1.165) is 0 Å².